The van der Waals surface area contributed by atoms with Crippen LogP contribution in [0.2, 0.25) is 0 Å². The highest BCUT2D eigenvalue weighted by molar-refractivity contribution is 7.87. The SMILES string of the molecule is CC(=O)CCCCN=P(c1ccccc1)(c1ccccc1)c1ccccc1. The Morgan fingerprint density at radius 1 is 0.704 bits per heavy atom. The van der Waals surface area contributed by atoms with Crippen LogP contribution in [0.4, 0.5) is 0 Å². The summed E-state index contributed by atoms with van der Waals surface area (Å²) in [6.45, 7) is 2.42. The minimum Gasteiger partial charge on any atom is -0.300 e. The molecule has 0 spiro atoms. The number of nitrogens with zero attached hydrogens (tertiary/aromatic N) is 1. The third-order valence-electron chi connectivity index (χ3n) is 4.64. The molecule has 3 rings (SSSR count). The Kier molecular flexibility index (Phi) is 6.79. The standard InChI is InChI=1S/C24H26NOP/c1-21(26)13-11-12-20-25-27(22-14-5-2-6-15-22,23-16-7-3-8-17-23)24-18-9-4-10-19-24/h2-10,14-19H,11-13,20H2,1H3. The smallest absolute Gasteiger partial charge is 0.129 e. The average Bonchev–Trinajstić information content (AvgIpc) is 2.73. The van der Waals surface area contributed by atoms with Crippen molar-refractivity contribution in [3.05, 3.63) is 91.0 Å². The van der Waals surface area contributed by atoms with Crippen LogP contribution in [-0.2, 0) is 4.79 Å². The molecule has 0 saturated heterocycles. The number of Topliss-reactive ketones (excluding diaryl/α,β-unsaturated/α-hetero) is 1. The van der Waals surface area contributed by atoms with Gasteiger partial charge in [-0.2, -0.15) is 0 Å². The van der Waals surface area contributed by atoms with Gasteiger partial charge in [0.25, 0.3) is 0 Å². The first-order chi connectivity index (χ1) is 13.2. The first kappa shape index (κ1) is 19.3. The molecular weight excluding hydrogens is 349 g/mol. The van der Waals surface area contributed by atoms with E-state index in [0.717, 1.165) is 19.4 Å². The van der Waals surface area contributed by atoms with E-state index in [0.29, 0.717) is 6.42 Å². The van der Waals surface area contributed by atoms with Crippen LogP contribution in [-0.4, -0.2) is 12.3 Å². The van der Waals surface area contributed by atoms with Crippen LogP contribution in [0, 0.1) is 0 Å². The summed E-state index contributed by atoms with van der Waals surface area (Å²) in [5.41, 5.74) is 0. The predicted octanol–water partition coefficient (Wildman–Crippen LogP) is 4.92. The second-order valence-electron chi connectivity index (χ2n) is 6.67. The van der Waals surface area contributed by atoms with E-state index < -0.39 is 7.05 Å². The van der Waals surface area contributed by atoms with Crippen LogP contribution < -0.4 is 15.9 Å². The van der Waals surface area contributed by atoms with E-state index >= 15 is 0 Å². The van der Waals surface area contributed by atoms with E-state index in [9.17, 15) is 4.79 Å². The van der Waals surface area contributed by atoms with E-state index in [4.69, 9.17) is 4.74 Å². The normalized spacial score (nSPS) is 11.1. The van der Waals surface area contributed by atoms with Gasteiger partial charge in [-0.1, -0.05) is 91.0 Å². The molecule has 3 heteroatoms. The fraction of sp³-hybridized carbons (Fsp3) is 0.208. The molecule has 0 fully saturated rings. The lowest BCUT2D eigenvalue weighted by atomic mass is 10.2. The van der Waals surface area contributed by atoms with E-state index in [1.807, 2.05) is 0 Å². The van der Waals surface area contributed by atoms with Gasteiger partial charge >= 0.3 is 0 Å². The lowest BCUT2D eigenvalue weighted by Gasteiger charge is -2.27. The van der Waals surface area contributed by atoms with Gasteiger partial charge in [-0.3, -0.25) is 4.74 Å². The van der Waals surface area contributed by atoms with E-state index in [2.05, 4.69) is 91.0 Å². The number of hydrogen-bond donors (Lipinski definition) is 0. The van der Waals surface area contributed by atoms with Crippen molar-refractivity contribution in [2.45, 2.75) is 26.2 Å². The Morgan fingerprint density at radius 3 is 1.48 bits per heavy atom. The molecule has 2 nitrogen and oxygen atoms in total. The molecule has 0 amide bonds. The molecule has 27 heavy (non-hydrogen) atoms. The predicted molar refractivity (Wildman–Crippen MR) is 117 cm³/mol. The first-order valence-corrected chi connectivity index (χ1v) is 11.2. The van der Waals surface area contributed by atoms with Crippen LogP contribution in [0.5, 0.6) is 0 Å². The zero-order chi connectivity index (χ0) is 19.0. The number of benzene rings is 3. The lowest BCUT2D eigenvalue weighted by molar-refractivity contribution is -0.117. The second kappa shape index (κ2) is 9.48. The van der Waals surface area contributed by atoms with Gasteiger partial charge in [-0.15, -0.1) is 0 Å². The van der Waals surface area contributed by atoms with Crippen molar-refractivity contribution >= 4 is 28.8 Å². The summed E-state index contributed by atoms with van der Waals surface area (Å²) >= 11 is 0. The molecule has 0 N–H and O–H groups in total. The monoisotopic (exact) mass is 375 g/mol. The molecule has 0 unspecified atom stereocenters. The Balaban J connectivity index is 2.13. The number of carbonyl (C=O) groups excluding carboxylic acids is 1. The summed E-state index contributed by atoms with van der Waals surface area (Å²) < 4.78 is 5.36. The Labute approximate surface area is 162 Å². The van der Waals surface area contributed by atoms with Crippen molar-refractivity contribution in [2.75, 3.05) is 6.54 Å². The number of unbranched alkanes of at least 4 members (excludes halogenated alkanes) is 1. The minimum atomic E-state index is -2.08. The summed E-state index contributed by atoms with van der Waals surface area (Å²) in [6.07, 6.45) is 2.48. The van der Waals surface area contributed by atoms with E-state index in [1.165, 1.54) is 15.9 Å². The first-order valence-electron chi connectivity index (χ1n) is 9.48. The number of rotatable bonds is 8. The zero-order valence-corrected chi connectivity index (χ0v) is 16.7. The molecule has 3 aromatic rings. The van der Waals surface area contributed by atoms with Crippen LogP contribution in [0.15, 0.2) is 95.7 Å². The minimum absolute atomic E-state index is 0.255. The third-order valence-corrected chi connectivity index (χ3v) is 8.40. The van der Waals surface area contributed by atoms with Crippen LogP contribution >= 0.6 is 7.05 Å². The Bertz CT molecular complexity index is 801. The number of hydrogen-bond acceptors (Lipinski definition) is 2. The molecule has 138 valence electrons. The van der Waals surface area contributed by atoms with Gasteiger partial charge in [0, 0.05) is 28.9 Å². The maximum absolute atomic E-state index is 11.2. The molecule has 0 radical (unpaired) electrons. The molecular formula is C24H26NOP. The lowest BCUT2D eigenvalue weighted by Crippen LogP contribution is -2.25. The Hall–Kier alpha value is -2.44. The van der Waals surface area contributed by atoms with Gasteiger partial charge in [0.15, 0.2) is 0 Å². The fourth-order valence-corrected chi connectivity index (χ4v) is 6.97. The summed E-state index contributed by atoms with van der Waals surface area (Å²) in [5.74, 6) is 0.255. The highest BCUT2D eigenvalue weighted by atomic mass is 31.2. The number of ketones is 1. The summed E-state index contributed by atoms with van der Waals surface area (Å²) in [4.78, 5) is 11.2. The zero-order valence-electron chi connectivity index (χ0n) is 15.8. The Morgan fingerprint density at radius 2 is 1.11 bits per heavy atom. The van der Waals surface area contributed by atoms with Crippen LogP contribution in [0.1, 0.15) is 26.2 Å². The van der Waals surface area contributed by atoms with Gasteiger partial charge in [-0.25, -0.2) is 0 Å². The molecule has 0 aliphatic heterocycles. The van der Waals surface area contributed by atoms with Crippen molar-refractivity contribution in [3.63, 3.8) is 0 Å². The summed E-state index contributed by atoms with van der Waals surface area (Å²) in [6, 6.07) is 32.0. The van der Waals surface area contributed by atoms with Crippen molar-refractivity contribution in [3.8, 4) is 0 Å². The van der Waals surface area contributed by atoms with Gasteiger partial charge < -0.3 is 4.79 Å². The van der Waals surface area contributed by atoms with Crippen LogP contribution in [0.3, 0.4) is 0 Å². The highest BCUT2D eigenvalue weighted by Gasteiger charge is 2.26. The fourth-order valence-electron chi connectivity index (χ4n) is 3.33. The van der Waals surface area contributed by atoms with E-state index in [-0.39, 0.29) is 5.78 Å². The van der Waals surface area contributed by atoms with Gasteiger partial charge in [0.2, 0.25) is 0 Å². The maximum Gasteiger partial charge on any atom is 0.129 e. The van der Waals surface area contributed by atoms with E-state index in [1.54, 1.807) is 6.92 Å². The van der Waals surface area contributed by atoms with Gasteiger partial charge in [0.1, 0.15) is 5.78 Å². The molecule has 0 heterocycles. The van der Waals surface area contributed by atoms with Gasteiger partial charge in [-0.05, 0) is 19.8 Å². The molecule has 0 aromatic heterocycles. The van der Waals surface area contributed by atoms with Gasteiger partial charge in [0.05, 0.1) is 7.05 Å². The quantitative estimate of drug-likeness (QED) is 0.406. The molecule has 0 aliphatic carbocycles. The third kappa shape index (κ3) is 4.64. The number of carbonyl (C=O) groups is 1. The van der Waals surface area contributed by atoms with Crippen molar-refractivity contribution in [1.82, 2.24) is 0 Å². The largest absolute Gasteiger partial charge is 0.300 e. The maximum atomic E-state index is 11.2. The summed E-state index contributed by atoms with van der Waals surface area (Å²) in [5, 5.41) is 3.82. The van der Waals surface area contributed by atoms with Crippen molar-refractivity contribution in [2.24, 2.45) is 4.74 Å². The average molecular weight is 375 g/mol. The highest BCUT2D eigenvalue weighted by Crippen LogP contribution is 2.46. The molecule has 0 saturated carbocycles. The van der Waals surface area contributed by atoms with Crippen molar-refractivity contribution < 1.29 is 4.79 Å². The van der Waals surface area contributed by atoms with Crippen molar-refractivity contribution in [1.29, 1.82) is 0 Å². The topological polar surface area (TPSA) is 29.4 Å². The molecule has 0 atom stereocenters. The molecule has 0 aliphatic rings. The summed E-state index contributed by atoms with van der Waals surface area (Å²) in [7, 11) is -2.08. The van der Waals surface area contributed by atoms with Crippen LogP contribution in [0.25, 0.3) is 0 Å². The molecule has 0 bridgehead atoms. The molecule has 3 aromatic carbocycles. The second-order valence-corrected chi connectivity index (χ2v) is 9.77.